The maximum Gasteiger partial charge on any atom is 0.271 e. The van der Waals surface area contributed by atoms with Crippen LogP contribution in [0, 0.1) is 12.7 Å². The minimum Gasteiger partial charge on any atom is -0.497 e. The number of hydrogen-bond donors (Lipinski definition) is 1. The number of ether oxygens (including phenoxy) is 1. The number of amides is 1. The van der Waals surface area contributed by atoms with Crippen molar-refractivity contribution in [1.29, 1.82) is 0 Å². The summed E-state index contributed by atoms with van der Waals surface area (Å²) >= 11 is 0. The van der Waals surface area contributed by atoms with Crippen LogP contribution in [0.25, 0.3) is 0 Å². The highest BCUT2D eigenvalue weighted by Crippen LogP contribution is 2.11. The number of hydrazone groups is 1. The number of carbonyl (C=O) groups excluding carboxylic acids is 1. The Hall–Kier alpha value is -2.69. The van der Waals surface area contributed by atoms with Gasteiger partial charge in [-0.25, -0.2) is 9.82 Å². The molecule has 108 valence electrons. The van der Waals surface area contributed by atoms with Crippen LogP contribution in [0.2, 0.25) is 0 Å². The molecular weight excluding hydrogens is 271 g/mol. The largest absolute Gasteiger partial charge is 0.497 e. The molecule has 4 nitrogen and oxygen atoms in total. The highest BCUT2D eigenvalue weighted by Gasteiger charge is 2.04. The molecule has 5 heteroatoms. The van der Waals surface area contributed by atoms with E-state index in [1.165, 1.54) is 18.3 Å². The topological polar surface area (TPSA) is 50.7 Å². The molecule has 2 aromatic carbocycles. The number of methoxy groups -OCH3 is 1. The molecule has 0 aliphatic carbocycles. The summed E-state index contributed by atoms with van der Waals surface area (Å²) in [6.07, 6.45) is 1.48. The van der Waals surface area contributed by atoms with E-state index in [0.29, 0.717) is 11.3 Å². The smallest absolute Gasteiger partial charge is 0.271 e. The molecule has 2 aromatic rings. The molecule has 0 radical (unpaired) electrons. The van der Waals surface area contributed by atoms with Crippen molar-refractivity contribution in [3.05, 3.63) is 65.0 Å². The quantitative estimate of drug-likeness (QED) is 0.694. The van der Waals surface area contributed by atoms with Gasteiger partial charge in [0.1, 0.15) is 11.6 Å². The Morgan fingerprint density at radius 3 is 2.57 bits per heavy atom. The minimum atomic E-state index is -0.325. The van der Waals surface area contributed by atoms with Gasteiger partial charge in [-0.05, 0) is 54.4 Å². The highest BCUT2D eigenvalue weighted by atomic mass is 19.1. The van der Waals surface area contributed by atoms with Gasteiger partial charge in [0.25, 0.3) is 5.91 Å². The van der Waals surface area contributed by atoms with Gasteiger partial charge in [0.2, 0.25) is 0 Å². The SMILES string of the molecule is COc1ccc(C(=O)N/N=C/c2ccc(F)cc2C)cc1. The summed E-state index contributed by atoms with van der Waals surface area (Å²) in [6, 6.07) is 11.0. The summed E-state index contributed by atoms with van der Waals surface area (Å²) in [4.78, 5) is 11.8. The summed E-state index contributed by atoms with van der Waals surface area (Å²) in [5.41, 5.74) is 4.39. The molecule has 0 heterocycles. The maximum absolute atomic E-state index is 13.0. The molecule has 1 N–H and O–H groups in total. The van der Waals surface area contributed by atoms with Gasteiger partial charge in [0.15, 0.2) is 0 Å². The first-order valence-electron chi connectivity index (χ1n) is 6.34. The van der Waals surface area contributed by atoms with Gasteiger partial charge < -0.3 is 4.74 Å². The number of hydrogen-bond acceptors (Lipinski definition) is 3. The lowest BCUT2D eigenvalue weighted by Crippen LogP contribution is -2.17. The Bertz CT molecular complexity index is 666. The molecular formula is C16H15FN2O2. The van der Waals surface area contributed by atoms with Crippen molar-refractivity contribution in [2.24, 2.45) is 5.10 Å². The average Bonchev–Trinajstić information content (AvgIpc) is 2.49. The van der Waals surface area contributed by atoms with Crippen molar-refractivity contribution >= 4 is 12.1 Å². The minimum absolute atomic E-state index is 0.299. The lowest BCUT2D eigenvalue weighted by Gasteiger charge is -2.03. The van der Waals surface area contributed by atoms with E-state index in [-0.39, 0.29) is 11.7 Å². The summed E-state index contributed by atoms with van der Waals surface area (Å²) in [5.74, 6) is 0.0533. The molecule has 0 aromatic heterocycles. The fourth-order valence-electron chi connectivity index (χ4n) is 1.75. The van der Waals surface area contributed by atoms with Gasteiger partial charge in [-0.3, -0.25) is 4.79 Å². The molecule has 2 rings (SSSR count). The number of benzene rings is 2. The van der Waals surface area contributed by atoms with Crippen LogP contribution in [0.4, 0.5) is 4.39 Å². The van der Waals surface area contributed by atoms with E-state index in [4.69, 9.17) is 4.74 Å². The van der Waals surface area contributed by atoms with E-state index >= 15 is 0 Å². The highest BCUT2D eigenvalue weighted by molar-refractivity contribution is 5.95. The lowest BCUT2D eigenvalue weighted by atomic mass is 10.1. The zero-order valence-corrected chi connectivity index (χ0v) is 11.8. The second kappa shape index (κ2) is 6.65. The molecule has 21 heavy (non-hydrogen) atoms. The molecule has 0 atom stereocenters. The summed E-state index contributed by atoms with van der Waals surface area (Å²) in [5, 5.41) is 3.87. The van der Waals surface area contributed by atoms with E-state index < -0.39 is 0 Å². The summed E-state index contributed by atoms with van der Waals surface area (Å²) in [6.45, 7) is 1.77. The Morgan fingerprint density at radius 1 is 1.24 bits per heavy atom. The average molecular weight is 286 g/mol. The zero-order valence-electron chi connectivity index (χ0n) is 11.8. The molecule has 0 saturated carbocycles. The summed E-state index contributed by atoms with van der Waals surface area (Å²) in [7, 11) is 1.56. The lowest BCUT2D eigenvalue weighted by molar-refractivity contribution is 0.0955. The van der Waals surface area contributed by atoms with E-state index in [1.54, 1.807) is 44.4 Å². The number of aryl methyl sites for hydroxylation is 1. The number of carbonyl (C=O) groups is 1. The van der Waals surface area contributed by atoms with Gasteiger partial charge in [-0.1, -0.05) is 6.07 Å². The van der Waals surface area contributed by atoms with Crippen molar-refractivity contribution in [2.45, 2.75) is 6.92 Å². The molecule has 0 aliphatic heterocycles. The van der Waals surface area contributed by atoms with Crippen LogP contribution in [0.1, 0.15) is 21.5 Å². The number of nitrogens with zero attached hydrogens (tertiary/aromatic N) is 1. The molecule has 0 saturated heterocycles. The Morgan fingerprint density at radius 2 is 1.95 bits per heavy atom. The van der Waals surface area contributed by atoms with Crippen molar-refractivity contribution in [3.63, 3.8) is 0 Å². The third-order valence-corrected chi connectivity index (χ3v) is 2.95. The van der Waals surface area contributed by atoms with Crippen molar-refractivity contribution in [2.75, 3.05) is 7.11 Å². The first kappa shape index (κ1) is 14.7. The molecule has 0 bridgehead atoms. The van der Waals surface area contributed by atoms with E-state index in [2.05, 4.69) is 10.5 Å². The predicted octanol–water partition coefficient (Wildman–Crippen LogP) is 2.91. The monoisotopic (exact) mass is 286 g/mol. The fraction of sp³-hybridized carbons (Fsp3) is 0.125. The van der Waals surface area contributed by atoms with Gasteiger partial charge in [0, 0.05) is 5.56 Å². The van der Waals surface area contributed by atoms with Crippen LogP contribution in [0.3, 0.4) is 0 Å². The first-order valence-corrected chi connectivity index (χ1v) is 6.34. The molecule has 0 spiro atoms. The zero-order chi connectivity index (χ0) is 15.2. The number of nitrogens with one attached hydrogen (secondary N) is 1. The van der Waals surface area contributed by atoms with Gasteiger partial charge in [-0.15, -0.1) is 0 Å². The summed E-state index contributed by atoms with van der Waals surface area (Å²) < 4.78 is 18.0. The van der Waals surface area contributed by atoms with Gasteiger partial charge in [-0.2, -0.15) is 5.10 Å². The van der Waals surface area contributed by atoms with Crippen LogP contribution >= 0.6 is 0 Å². The number of rotatable bonds is 4. The van der Waals surface area contributed by atoms with Crippen molar-refractivity contribution in [3.8, 4) is 5.75 Å². The van der Waals surface area contributed by atoms with Crippen LogP contribution in [-0.4, -0.2) is 19.2 Å². The maximum atomic E-state index is 13.0. The number of halogens is 1. The van der Waals surface area contributed by atoms with Gasteiger partial charge in [0.05, 0.1) is 13.3 Å². The molecule has 0 fully saturated rings. The second-order valence-corrected chi connectivity index (χ2v) is 4.43. The van der Waals surface area contributed by atoms with E-state index in [9.17, 15) is 9.18 Å². The Balaban J connectivity index is 2.01. The molecule has 1 amide bonds. The van der Waals surface area contributed by atoms with E-state index in [1.807, 2.05) is 0 Å². The fourth-order valence-corrected chi connectivity index (χ4v) is 1.75. The van der Waals surface area contributed by atoms with Crippen LogP contribution in [-0.2, 0) is 0 Å². The van der Waals surface area contributed by atoms with Crippen LogP contribution in [0.5, 0.6) is 5.75 Å². The Kier molecular flexibility index (Phi) is 4.66. The van der Waals surface area contributed by atoms with Crippen molar-refractivity contribution in [1.82, 2.24) is 5.43 Å². The predicted molar refractivity (Wildman–Crippen MR) is 79.2 cm³/mol. The van der Waals surface area contributed by atoms with Crippen molar-refractivity contribution < 1.29 is 13.9 Å². The van der Waals surface area contributed by atoms with Crippen LogP contribution < -0.4 is 10.2 Å². The first-order chi connectivity index (χ1) is 10.1. The standard InChI is InChI=1S/C16H15FN2O2/c1-11-9-14(17)6-3-13(11)10-18-19-16(20)12-4-7-15(21-2)8-5-12/h3-10H,1-2H3,(H,19,20)/b18-10+. The normalized spacial score (nSPS) is 10.6. The Labute approximate surface area is 122 Å². The molecule has 0 unspecified atom stereocenters. The second-order valence-electron chi connectivity index (χ2n) is 4.43. The van der Waals surface area contributed by atoms with E-state index in [0.717, 1.165) is 11.1 Å². The third kappa shape index (κ3) is 3.89. The van der Waals surface area contributed by atoms with Gasteiger partial charge >= 0.3 is 0 Å². The third-order valence-electron chi connectivity index (χ3n) is 2.95. The van der Waals surface area contributed by atoms with Crippen LogP contribution in [0.15, 0.2) is 47.6 Å². The molecule has 0 aliphatic rings.